The van der Waals surface area contributed by atoms with Crippen LogP contribution in [0.15, 0.2) is 48.5 Å². The molecule has 2 heterocycles. The van der Waals surface area contributed by atoms with E-state index in [4.69, 9.17) is 9.47 Å². The van der Waals surface area contributed by atoms with Crippen LogP contribution in [-0.2, 0) is 0 Å². The summed E-state index contributed by atoms with van der Waals surface area (Å²) in [7, 11) is 1.62. The molecular formula is C24H29FN2O3. The van der Waals surface area contributed by atoms with Crippen LogP contribution in [-0.4, -0.2) is 61.1 Å². The molecule has 2 aromatic carbocycles. The van der Waals surface area contributed by atoms with Crippen LogP contribution in [0.2, 0.25) is 0 Å². The average molecular weight is 413 g/mol. The van der Waals surface area contributed by atoms with Crippen molar-refractivity contribution in [2.45, 2.75) is 37.8 Å². The fourth-order valence-electron chi connectivity index (χ4n) is 4.43. The molecule has 2 saturated heterocycles. The van der Waals surface area contributed by atoms with Gasteiger partial charge in [-0.05, 0) is 62.1 Å². The third-order valence-corrected chi connectivity index (χ3v) is 6.21. The van der Waals surface area contributed by atoms with E-state index in [1.807, 2.05) is 29.2 Å². The SMILES string of the molecule is COc1ccc(C(=O)N2CCC(N3CCC(Oc4ccccc4F)CC3)CC2)cc1. The van der Waals surface area contributed by atoms with Crippen LogP contribution in [0.3, 0.4) is 0 Å². The smallest absolute Gasteiger partial charge is 0.253 e. The standard InChI is InChI=1S/C24H29FN2O3/c1-29-20-8-6-18(7-9-20)24(28)27-14-10-19(11-15-27)26-16-12-21(13-17-26)30-23-5-3-2-4-22(23)25/h2-9,19,21H,10-17H2,1H3. The van der Waals surface area contributed by atoms with Gasteiger partial charge in [0.1, 0.15) is 11.9 Å². The van der Waals surface area contributed by atoms with Gasteiger partial charge in [0.15, 0.2) is 11.6 Å². The summed E-state index contributed by atoms with van der Waals surface area (Å²) in [5.74, 6) is 0.899. The Morgan fingerprint density at radius 2 is 1.60 bits per heavy atom. The van der Waals surface area contributed by atoms with E-state index in [2.05, 4.69) is 4.90 Å². The van der Waals surface area contributed by atoms with Gasteiger partial charge >= 0.3 is 0 Å². The van der Waals surface area contributed by atoms with Gasteiger partial charge in [-0.3, -0.25) is 9.69 Å². The summed E-state index contributed by atoms with van der Waals surface area (Å²) in [5.41, 5.74) is 0.709. The molecule has 5 nitrogen and oxygen atoms in total. The fraction of sp³-hybridized carbons (Fsp3) is 0.458. The van der Waals surface area contributed by atoms with E-state index in [0.29, 0.717) is 17.4 Å². The third-order valence-electron chi connectivity index (χ3n) is 6.21. The molecule has 0 N–H and O–H groups in total. The van der Waals surface area contributed by atoms with Crippen LogP contribution in [0.4, 0.5) is 4.39 Å². The van der Waals surface area contributed by atoms with Crippen LogP contribution in [0.5, 0.6) is 11.5 Å². The van der Waals surface area contributed by atoms with Crippen molar-refractivity contribution >= 4 is 5.91 Å². The summed E-state index contributed by atoms with van der Waals surface area (Å²) in [4.78, 5) is 17.2. The molecule has 0 unspecified atom stereocenters. The number of hydrogen-bond donors (Lipinski definition) is 0. The molecule has 0 radical (unpaired) electrons. The number of ether oxygens (including phenoxy) is 2. The summed E-state index contributed by atoms with van der Waals surface area (Å²) in [6.45, 7) is 3.47. The summed E-state index contributed by atoms with van der Waals surface area (Å²) in [6.07, 6.45) is 3.84. The van der Waals surface area contributed by atoms with E-state index in [9.17, 15) is 9.18 Å². The van der Waals surface area contributed by atoms with E-state index in [1.165, 1.54) is 6.07 Å². The maximum Gasteiger partial charge on any atom is 0.253 e. The van der Waals surface area contributed by atoms with E-state index >= 15 is 0 Å². The summed E-state index contributed by atoms with van der Waals surface area (Å²) >= 11 is 0. The molecule has 2 aromatic rings. The van der Waals surface area contributed by atoms with E-state index < -0.39 is 0 Å². The molecule has 0 atom stereocenters. The molecule has 0 saturated carbocycles. The van der Waals surface area contributed by atoms with Crippen molar-refractivity contribution in [3.05, 3.63) is 59.9 Å². The zero-order chi connectivity index (χ0) is 20.9. The van der Waals surface area contributed by atoms with Crippen molar-refractivity contribution in [1.29, 1.82) is 0 Å². The first kappa shape index (κ1) is 20.7. The molecule has 0 spiro atoms. The lowest BCUT2D eigenvalue weighted by Crippen LogP contribution is -2.50. The van der Waals surface area contributed by atoms with Crippen LogP contribution in [0.25, 0.3) is 0 Å². The average Bonchev–Trinajstić information content (AvgIpc) is 2.81. The lowest BCUT2D eigenvalue weighted by atomic mass is 9.98. The maximum atomic E-state index is 13.8. The van der Waals surface area contributed by atoms with Crippen LogP contribution >= 0.6 is 0 Å². The molecule has 0 aromatic heterocycles. The number of piperidine rings is 2. The highest BCUT2D eigenvalue weighted by atomic mass is 19.1. The lowest BCUT2D eigenvalue weighted by Gasteiger charge is -2.41. The minimum atomic E-state index is -0.297. The Kier molecular flexibility index (Phi) is 6.53. The normalized spacial score (nSPS) is 18.9. The van der Waals surface area contributed by atoms with Gasteiger partial charge in [-0.2, -0.15) is 0 Å². The van der Waals surface area contributed by atoms with E-state index in [1.54, 1.807) is 25.3 Å². The molecule has 2 aliphatic heterocycles. The molecule has 0 aliphatic carbocycles. The number of amides is 1. The highest BCUT2D eigenvalue weighted by Gasteiger charge is 2.30. The van der Waals surface area contributed by atoms with Crippen molar-refractivity contribution in [3.63, 3.8) is 0 Å². The fourth-order valence-corrected chi connectivity index (χ4v) is 4.43. The topological polar surface area (TPSA) is 42.0 Å². The zero-order valence-corrected chi connectivity index (χ0v) is 17.4. The minimum Gasteiger partial charge on any atom is -0.497 e. The highest BCUT2D eigenvalue weighted by molar-refractivity contribution is 5.94. The first-order chi connectivity index (χ1) is 14.6. The van der Waals surface area contributed by atoms with Gasteiger partial charge in [-0.1, -0.05) is 12.1 Å². The second-order valence-corrected chi connectivity index (χ2v) is 8.04. The van der Waals surface area contributed by atoms with Gasteiger partial charge in [0.05, 0.1) is 7.11 Å². The van der Waals surface area contributed by atoms with E-state index in [0.717, 1.165) is 57.6 Å². The Bertz CT molecular complexity index is 842. The predicted molar refractivity (Wildman–Crippen MR) is 114 cm³/mol. The number of rotatable bonds is 5. The van der Waals surface area contributed by atoms with Gasteiger partial charge in [-0.15, -0.1) is 0 Å². The number of para-hydroxylation sites is 1. The van der Waals surface area contributed by atoms with Crippen molar-refractivity contribution in [1.82, 2.24) is 9.80 Å². The quantitative estimate of drug-likeness (QED) is 0.745. The molecule has 160 valence electrons. The Morgan fingerprint density at radius 3 is 2.23 bits per heavy atom. The molecule has 6 heteroatoms. The van der Waals surface area contributed by atoms with Gasteiger partial charge < -0.3 is 14.4 Å². The Balaban J connectivity index is 1.24. The van der Waals surface area contributed by atoms with Gasteiger partial charge in [-0.25, -0.2) is 4.39 Å². The monoisotopic (exact) mass is 412 g/mol. The number of carbonyl (C=O) groups excluding carboxylic acids is 1. The van der Waals surface area contributed by atoms with Crippen LogP contribution < -0.4 is 9.47 Å². The summed E-state index contributed by atoms with van der Waals surface area (Å²) in [5, 5.41) is 0. The molecular weight excluding hydrogens is 383 g/mol. The van der Waals surface area contributed by atoms with Crippen LogP contribution in [0.1, 0.15) is 36.0 Å². The number of hydrogen-bond acceptors (Lipinski definition) is 4. The summed E-state index contributed by atoms with van der Waals surface area (Å²) in [6, 6.07) is 14.4. The Labute approximate surface area is 177 Å². The Hall–Kier alpha value is -2.60. The molecule has 4 rings (SSSR count). The maximum absolute atomic E-state index is 13.8. The Morgan fingerprint density at radius 1 is 0.933 bits per heavy atom. The van der Waals surface area contributed by atoms with E-state index in [-0.39, 0.29) is 17.8 Å². The van der Waals surface area contributed by atoms with Crippen molar-refractivity contribution in [2.24, 2.45) is 0 Å². The number of methoxy groups -OCH3 is 1. The number of likely N-dealkylation sites (tertiary alicyclic amines) is 2. The van der Waals surface area contributed by atoms with Gasteiger partial charge in [0, 0.05) is 37.8 Å². The second kappa shape index (κ2) is 9.47. The molecule has 0 bridgehead atoms. The van der Waals surface area contributed by atoms with Crippen molar-refractivity contribution in [2.75, 3.05) is 33.3 Å². The summed E-state index contributed by atoms with van der Waals surface area (Å²) < 4.78 is 24.8. The molecule has 2 fully saturated rings. The molecule has 1 amide bonds. The number of nitrogens with zero attached hydrogens (tertiary/aromatic N) is 2. The minimum absolute atomic E-state index is 0.0647. The number of benzene rings is 2. The molecule has 30 heavy (non-hydrogen) atoms. The van der Waals surface area contributed by atoms with Crippen molar-refractivity contribution in [3.8, 4) is 11.5 Å². The third kappa shape index (κ3) is 4.75. The highest BCUT2D eigenvalue weighted by Crippen LogP contribution is 2.26. The predicted octanol–water partition coefficient (Wildman–Crippen LogP) is 3.98. The lowest BCUT2D eigenvalue weighted by molar-refractivity contribution is 0.0416. The first-order valence-electron chi connectivity index (χ1n) is 10.7. The number of halogens is 1. The zero-order valence-electron chi connectivity index (χ0n) is 17.4. The van der Waals surface area contributed by atoms with Gasteiger partial charge in [0.25, 0.3) is 5.91 Å². The van der Waals surface area contributed by atoms with Gasteiger partial charge in [0.2, 0.25) is 0 Å². The van der Waals surface area contributed by atoms with Crippen molar-refractivity contribution < 1.29 is 18.7 Å². The molecule has 2 aliphatic rings. The second-order valence-electron chi connectivity index (χ2n) is 8.04. The first-order valence-corrected chi connectivity index (χ1v) is 10.7. The van der Waals surface area contributed by atoms with Crippen LogP contribution in [0, 0.1) is 5.82 Å². The number of carbonyl (C=O) groups is 1. The largest absolute Gasteiger partial charge is 0.497 e.